The van der Waals surface area contributed by atoms with Crippen molar-refractivity contribution >= 4 is 22.6 Å². The van der Waals surface area contributed by atoms with Gasteiger partial charge >= 0.3 is 5.97 Å². The number of benzene rings is 2. The van der Waals surface area contributed by atoms with Crippen LogP contribution >= 0.6 is 0 Å². The fourth-order valence-corrected chi connectivity index (χ4v) is 3.59. The Morgan fingerprint density at radius 2 is 1.92 bits per heavy atom. The van der Waals surface area contributed by atoms with E-state index < -0.39 is 0 Å². The standard InChI is InChI=1S/C22H22N2O2/c1-24(14-17-6-3-5-16-7-4-12-23-21(16)17)18-10-8-15(9-11-18)19-13-20(19)22(25)26-2/h3-12,19-20H,13-14H2,1-2H3. The molecule has 1 aliphatic carbocycles. The van der Waals surface area contributed by atoms with Crippen molar-refractivity contribution in [1.29, 1.82) is 0 Å². The van der Waals surface area contributed by atoms with Crippen LogP contribution in [0.3, 0.4) is 0 Å². The van der Waals surface area contributed by atoms with Crippen LogP contribution in [0.15, 0.2) is 60.8 Å². The zero-order chi connectivity index (χ0) is 18.1. The molecule has 0 radical (unpaired) electrons. The van der Waals surface area contributed by atoms with Gasteiger partial charge in [-0.2, -0.15) is 0 Å². The second kappa shape index (κ2) is 6.79. The summed E-state index contributed by atoms with van der Waals surface area (Å²) < 4.78 is 4.84. The zero-order valence-corrected chi connectivity index (χ0v) is 15.1. The molecule has 0 N–H and O–H groups in total. The predicted molar refractivity (Wildman–Crippen MR) is 103 cm³/mol. The molecule has 0 spiro atoms. The van der Waals surface area contributed by atoms with Gasteiger partial charge in [0.15, 0.2) is 0 Å². The highest BCUT2D eigenvalue weighted by atomic mass is 16.5. The van der Waals surface area contributed by atoms with Crippen LogP contribution in [-0.2, 0) is 16.1 Å². The van der Waals surface area contributed by atoms with Gasteiger partial charge in [0.1, 0.15) is 0 Å². The first kappa shape index (κ1) is 16.6. The van der Waals surface area contributed by atoms with Crippen molar-refractivity contribution in [2.75, 3.05) is 19.1 Å². The van der Waals surface area contributed by atoms with Gasteiger partial charge in [-0.15, -0.1) is 0 Å². The third kappa shape index (κ3) is 3.15. The van der Waals surface area contributed by atoms with E-state index in [-0.39, 0.29) is 11.9 Å². The number of anilines is 1. The summed E-state index contributed by atoms with van der Waals surface area (Å²) in [5.74, 6) is 0.245. The Labute approximate surface area is 153 Å². The summed E-state index contributed by atoms with van der Waals surface area (Å²) in [4.78, 5) is 18.4. The van der Waals surface area contributed by atoms with Crippen molar-refractivity contribution in [3.63, 3.8) is 0 Å². The maximum absolute atomic E-state index is 11.6. The van der Waals surface area contributed by atoms with Gasteiger partial charge in [0.25, 0.3) is 0 Å². The van der Waals surface area contributed by atoms with E-state index in [1.54, 1.807) is 0 Å². The Bertz CT molecular complexity index is 931. The molecule has 1 aromatic heterocycles. The van der Waals surface area contributed by atoms with Gasteiger partial charge in [-0.25, -0.2) is 0 Å². The minimum Gasteiger partial charge on any atom is -0.469 e. The first-order valence-corrected chi connectivity index (χ1v) is 8.89. The molecule has 4 nitrogen and oxygen atoms in total. The van der Waals surface area contributed by atoms with E-state index in [1.807, 2.05) is 12.3 Å². The molecule has 0 bridgehead atoms. The van der Waals surface area contributed by atoms with Gasteiger partial charge in [-0.1, -0.05) is 36.4 Å². The van der Waals surface area contributed by atoms with Crippen LogP contribution < -0.4 is 4.90 Å². The lowest BCUT2D eigenvalue weighted by molar-refractivity contribution is -0.142. The minimum atomic E-state index is -0.0975. The molecule has 3 aromatic rings. The van der Waals surface area contributed by atoms with Gasteiger partial charge in [-0.3, -0.25) is 9.78 Å². The summed E-state index contributed by atoms with van der Waals surface area (Å²) in [7, 11) is 3.54. The molecular weight excluding hydrogens is 324 g/mol. The van der Waals surface area contributed by atoms with Gasteiger partial charge in [0.2, 0.25) is 0 Å². The number of carbonyl (C=O) groups excluding carboxylic acids is 1. The molecule has 1 heterocycles. The topological polar surface area (TPSA) is 42.4 Å². The molecule has 2 unspecified atom stereocenters. The van der Waals surface area contributed by atoms with Gasteiger partial charge in [-0.05, 0) is 41.7 Å². The number of rotatable bonds is 5. The van der Waals surface area contributed by atoms with Crippen LogP contribution in [0, 0.1) is 5.92 Å². The monoisotopic (exact) mass is 346 g/mol. The second-order valence-corrected chi connectivity index (χ2v) is 6.91. The minimum absolute atomic E-state index is 0.0327. The number of hydrogen-bond acceptors (Lipinski definition) is 4. The van der Waals surface area contributed by atoms with Crippen LogP contribution in [-0.4, -0.2) is 25.1 Å². The number of esters is 1. The molecule has 26 heavy (non-hydrogen) atoms. The van der Waals surface area contributed by atoms with Crippen molar-refractivity contribution in [2.45, 2.75) is 18.9 Å². The van der Waals surface area contributed by atoms with Gasteiger partial charge < -0.3 is 9.64 Å². The maximum Gasteiger partial charge on any atom is 0.309 e. The Morgan fingerprint density at radius 3 is 2.69 bits per heavy atom. The highest BCUT2D eigenvalue weighted by molar-refractivity contribution is 5.81. The lowest BCUT2D eigenvalue weighted by atomic mass is 10.1. The number of para-hydroxylation sites is 1. The van der Waals surface area contributed by atoms with Crippen molar-refractivity contribution < 1.29 is 9.53 Å². The Kier molecular flexibility index (Phi) is 4.33. The largest absolute Gasteiger partial charge is 0.469 e. The number of methoxy groups -OCH3 is 1. The zero-order valence-electron chi connectivity index (χ0n) is 15.1. The molecule has 1 fully saturated rings. The highest BCUT2D eigenvalue weighted by Crippen LogP contribution is 2.48. The molecular formula is C22H22N2O2. The lowest BCUT2D eigenvalue weighted by Gasteiger charge is -2.20. The smallest absolute Gasteiger partial charge is 0.309 e. The quantitative estimate of drug-likeness (QED) is 0.651. The van der Waals surface area contributed by atoms with Crippen LogP contribution in [0.1, 0.15) is 23.5 Å². The number of fused-ring (bicyclic) bond motifs is 1. The number of carbonyl (C=O) groups is 1. The Balaban J connectivity index is 1.48. The van der Waals surface area contributed by atoms with E-state index in [0.29, 0.717) is 5.92 Å². The van der Waals surface area contributed by atoms with Crippen molar-refractivity contribution in [3.05, 3.63) is 71.9 Å². The number of hydrogen-bond donors (Lipinski definition) is 0. The molecule has 0 aliphatic heterocycles. The van der Waals surface area contributed by atoms with Gasteiger partial charge in [0.05, 0.1) is 18.5 Å². The molecule has 0 saturated heterocycles. The van der Waals surface area contributed by atoms with E-state index in [4.69, 9.17) is 4.74 Å². The molecule has 132 valence electrons. The normalized spacial score (nSPS) is 18.5. The van der Waals surface area contributed by atoms with E-state index in [2.05, 4.69) is 65.5 Å². The lowest BCUT2D eigenvalue weighted by Crippen LogP contribution is -2.16. The van der Waals surface area contributed by atoms with Crippen molar-refractivity contribution in [1.82, 2.24) is 4.98 Å². The van der Waals surface area contributed by atoms with E-state index in [1.165, 1.54) is 18.2 Å². The second-order valence-electron chi connectivity index (χ2n) is 6.91. The van der Waals surface area contributed by atoms with Crippen molar-refractivity contribution in [2.24, 2.45) is 5.92 Å². The molecule has 4 heteroatoms. The average Bonchev–Trinajstić information content (AvgIpc) is 3.49. The predicted octanol–water partition coefficient (Wildman–Crippen LogP) is 4.15. The third-order valence-electron chi connectivity index (χ3n) is 5.18. The van der Waals surface area contributed by atoms with Crippen LogP contribution in [0.5, 0.6) is 0 Å². The summed E-state index contributed by atoms with van der Waals surface area (Å²) in [6.07, 6.45) is 2.73. The summed E-state index contributed by atoms with van der Waals surface area (Å²) in [6, 6.07) is 18.9. The first-order chi connectivity index (χ1) is 12.7. The SMILES string of the molecule is COC(=O)C1CC1c1ccc(N(C)Cc2cccc3cccnc23)cc1. The molecule has 2 atom stereocenters. The molecule has 2 aromatic carbocycles. The van der Waals surface area contributed by atoms with Crippen molar-refractivity contribution in [3.8, 4) is 0 Å². The van der Waals surface area contributed by atoms with Gasteiger partial charge in [0, 0.05) is 30.9 Å². The van der Waals surface area contributed by atoms with E-state index in [9.17, 15) is 4.79 Å². The number of aromatic nitrogens is 1. The number of pyridine rings is 1. The summed E-state index contributed by atoms with van der Waals surface area (Å²) in [5.41, 5.74) is 4.63. The summed E-state index contributed by atoms with van der Waals surface area (Å²) >= 11 is 0. The molecule has 1 aliphatic rings. The third-order valence-corrected chi connectivity index (χ3v) is 5.18. The van der Waals surface area contributed by atoms with Crippen LogP contribution in [0.4, 0.5) is 5.69 Å². The average molecular weight is 346 g/mol. The van der Waals surface area contributed by atoms with E-state index >= 15 is 0 Å². The highest BCUT2D eigenvalue weighted by Gasteiger charge is 2.44. The van der Waals surface area contributed by atoms with Crippen LogP contribution in [0.2, 0.25) is 0 Å². The fourth-order valence-electron chi connectivity index (χ4n) is 3.59. The molecule has 4 rings (SSSR count). The summed E-state index contributed by atoms with van der Waals surface area (Å²) in [6.45, 7) is 0.794. The number of ether oxygens (including phenoxy) is 1. The Hall–Kier alpha value is -2.88. The van der Waals surface area contributed by atoms with Crippen LogP contribution in [0.25, 0.3) is 10.9 Å². The maximum atomic E-state index is 11.6. The number of nitrogens with zero attached hydrogens (tertiary/aromatic N) is 2. The first-order valence-electron chi connectivity index (χ1n) is 8.89. The Morgan fingerprint density at radius 1 is 1.15 bits per heavy atom. The van der Waals surface area contributed by atoms with E-state index in [0.717, 1.165) is 29.6 Å². The molecule has 1 saturated carbocycles. The fraction of sp³-hybridized carbons (Fsp3) is 0.273. The molecule has 0 amide bonds. The summed E-state index contributed by atoms with van der Waals surface area (Å²) in [5, 5.41) is 1.16.